The van der Waals surface area contributed by atoms with Crippen LogP contribution in [0.2, 0.25) is 0 Å². The summed E-state index contributed by atoms with van der Waals surface area (Å²) in [6, 6.07) is 103. The van der Waals surface area contributed by atoms with Gasteiger partial charge in [-0.1, -0.05) is 218 Å². The molecule has 0 saturated heterocycles. The van der Waals surface area contributed by atoms with Gasteiger partial charge < -0.3 is 9.47 Å². The van der Waals surface area contributed by atoms with Crippen LogP contribution in [0, 0.1) is 0 Å². The van der Waals surface area contributed by atoms with Crippen LogP contribution in [0.5, 0.6) is 0 Å². The summed E-state index contributed by atoms with van der Waals surface area (Å²) in [5.41, 5.74) is 18.8. The molecule has 0 radical (unpaired) electrons. The molecule has 0 unspecified atom stereocenters. The number of hydrogen-bond acceptors (Lipinski definition) is 1. The molecule has 1 aliphatic rings. The van der Waals surface area contributed by atoms with Crippen LogP contribution in [0.4, 0.5) is 17.1 Å². The van der Waals surface area contributed by atoms with Gasteiger partial charge in [-0.25, -0.2) is 0 Å². The van der Waals surface area contributed by atoms with Crippen LogP contribution in [0.15, 0.2) is 279 Å². The fourth-order valence-electron chi connectivity index (χ4n) is 12.0. The third kappa shape index (κ3) is 6.35. The zero-order chi connectivity index (χ0) is 46.9. The molecule has 0 amide bonds. The summed E-state index contributed by atoms with van der Waals surface area (Å²) < 4.78 is 2.48. The molecule has 0 fully saturated rings. The Kier molecular flexibility index (Phi) is 9.47. The van der Waals surface area contributed by atoms with Gasteiger partial charge in [0.2, 0.25) is 0 Å². The van der Waals surface area contributed by atoms with Gasteiger partial charge in [0.05, 0.1) is 16.4 Å². The van der Waals surface area contributed by atoms with Crippen molar-refractivity contribution in [2.75, 3.05) is 4.90 Å². The van der Waals surface area contributed by atoms with E-state index < -0.39 is 5.41 Å². The molecule has 14 rings (SSSR count). The van der Waals surface area contributed by atoms with Crippen LogP contribution in [-0.4, -0.2) is 4.57 Å². The van der Waals surface area contributed by atoms with Gasteiger partial charge in [0.25, 0.3) is 0 Å². The Bertz CT molecular complexity index is 4100. The highest BCUT2D eigenvalue weighted by atomic mass is 15.1. The maximum absolute atomic E-state index is 2.48. The SMILES string of the molecule is c1ccc(N(c2ccc(-c3cccc(-c4ccc5c6c7ccccc7c7ccccc7c6n(-c6ccccc6)c5c4)c3)cc2)c2ccc3c(c2)C(c2ccccc2)(c2ccccc2)c2ccccc2-3)cc1. The van der Waals surface area contributed by atoms with E-state index in [2.05, 4.69) is 289 Å². The Morgan fingerprint density at radius 3 is 1.51 bits per heavy atom. The second-order valence-electron chi connectivity index (χ2n) is 18.8. The van der Waals surface area contributed by atoms with Crippen LogP contribution in [0.3, 0.4) is 0 Å². The Labute approximate surface area is 413 Å². The number of rotatable bonds is 8. The molecule has 71 heavy (non-hydrogen) atoms. The largest absolute Gasteiger partial charge is 0.310 e. The fraction of sp³-hybridized carbons (Fsp3) is 0.0145. The summed E-state index contributed by atoms with van der Waals surface area (Å²) in [4.78, 5) is 2.40. The van der Waals surface area contributed by atoms with Crippen molar-refractivity contribution >= 4 is 60.4 Å². The minimum absolute atomic E-state index is 0.493. The number of para-hydroxylation sites is 2. The van der Waals surface area contributed by atoms with Gasteiger partial charge in [-0.15, -0.1) is 0 Å². The molecule has 1 heterocycles. The van der Waals surface area contributed by atoms with E-state index >= 15 is 0 Å². The Hall–Kier alpha value is -9.24. The number of anilines is 3. The third-order valence-electron chi connectivity index (χ3n) is 15.0. The maximum Gasteiger partial charge on any atom is 0.0714 e. The number of aromatic nitrogens is 1. The van der Waals surface area contributed by atoms with Crippen molar-refractivity contribution < 1.29 is 0 Å². The topological polar surface area (TPSA) is 8.17 Å². The lowest BCUT2D eigenvalue weighted by atomic mass is 9.67. The molecule has 0 N–H and O–H groups in total. The van der Waals surface area contributed by atoms with E-state index in [1.54, 1.807) is 0 Å². The first kappa shape index (κ1) is 40.8. The molecule has 0 saturated carbocycles. The normalized spacial score (nSPS) is 12.6. The molecule has 1 aromatic heterocycles. The number of hydrogen-bond donors (Lipinski definition) is 0. The first-order valence-electron chi connectivity index (χ1n) is 24.6. The first-order chi connectivity index (χ1) is 35.2. The summed E-state index contributed by atoms with van der Waals surface area (Å²) >= 11 is 0. The highest BCUT2D eigenvalue weighted by molar-refractivity contribution is 6.32. The van der Waals surface area contributed by atoms with Crippen molar-refractivity contribution in [3.8, 4) is 39.1 Å². The Morgan fingerprint density at radius 1 is 0.296 bits per heavy atom. The summed E-state index contributed by atoms with van der Waals surface area (Å²) in [6.45, 7) is 0. The lowest BCUT2D eigenvalue weighted by Crippen LogP contribution is -2.28. The van der Waals surface area contributed by atoms with Crippen LogP contribution >= 0.6 is 0 Å². The summed E-state index contributed by atoms with van der Waals surface area (Å²) in [5, 5.41) is 7.63. The molecule has 1 aliphatic carbocycles. The van der Waals surface area contributed by atoms with E-state index in [1.165, 1.54) is 93.4 Å². The van der Waals surface area contributed by atoms with Crippen molar-refractivity contribution in [3.05, 3.63) is 301 Å². The quantitative estimate of drug-likeness (QED) is 0.138. The van der Waals surface area contributed by atoms with Crippen molar-refractivity contribution in [3.63, 3.8) is 0 Å². The van der Waals surface area contributed by atoms with Crippen molar-refractivity contribution in [1.29, 1.82) is 0 Å². The summed E-state index contributed by atoms with van der Waals surface area (Å²) in [6.07, 6.45) is 0. The molecular formula is C69H46N2. The Morgan fingerprint density at radius 2 is 0.803 bits per heavy atom. The van der Waals surface area contributed by atoms with E-state index in [9.17, 15) is 0 Å². The van der Waals surface area contributed by atoms with Crippen LogP contribution < -0.4 is 4.90 Å². The smallest absolute Gasteiger partial charge is 0.0714 e. The van der Waals surface area contributed by atoms with Crippen molar-refractivity contribution in [1.82, 2.24) is 4.57 Å². The van der Waals surface area contributed by atoms with Gasteiger partial charge in [-0.05, 0) is 132 Å². The molecule has 0 atom stereocenters. The molecule has 0 aliphatic heterocycles. The van der Waals surface area contributed by atoms with Crippen LogP contribution in [0.25, 0.3) is 82.4 Å². The van der Waals surface area contributed by atoms with Gasteiger partial charge in [0, 0.05) is 38.9 Å². The molecule has 0 bridgehead atoms. The van der Waals surface area contributed by atoms with Gasteiger partial charge in [-0.2, -0.15) is 0 Å². The van der Waals surface area contributed by atoms with E-state index in [0.717, 1.165) is 28.3 Å². The van der Waals surface area contributed by atoms with E-state index in [1.807, 2.05) is 0 Å². The molecule has 2 nitrogen and oxygen atoms in total. The second kappa shape index (κ2) is 16.5. The average Bonchev–Trinajstić information content (AvgIpc) is 3.96. The summed E-state index contributed by atoms with van der Waals surface area (Å²) in [5.74, 6) is 0. The molecule has 0 spiro atoms. The lowest BCUT2D eigenvalue weighted by molar-refractivity contribution is 0.768. The zero-order valence-electron chi connectivity index (χ0n) is 39.0. The highest BCUT2D eigenvalue weighted by Gasteiger charge is 2.46. The molecule has 332 valence electrons. The van der Waals surface area contributed by atoms with Gasteiger partial charge in [0.15, 0.2) is 0 Å². The fourth-order valence-corrected chi connectivity index (χ4v) is 12.0. The summed E-state index contributed by atoms with van der Waals surface area (Å²) in [7, 11) is 0. The molecule has 2 heteroatoms. The van der Waals surface area contributed by atoms with Crippen molar-refractivity contribution in [2.45, 2.75) is 5.41 Å². The average molecular weight is 903 g/mol. The van der Waals surface area contributed by atoms with Crippen molar-refractivity contribution in [2.24, 2.45) is 0 Å². The van der Waals surface area contributed by atoms with E-state index in [4.69, 9.17) is 0 Å². The monoisotopic (exact) mass is 902 g/mol. The minimum atomic E-state index is -0.493. The number of nitrogens with zero attached hydrogens (tertiary/aromatic N) is 2. The van der Waals surface area contributed by atoms with Crippen LogP contribution in [-0.2, 0) is 5.41 Å². The number of fused-ring (bicyclic) bond motifs is 11. The predicted molar refractivity (Wildman–Crippen MR) is 299 cm³/mol. The lowest BCUT2D eigenvalue weighted by Gasteiger charge is -2.35. The molecule has 12 aromatic carbocycles. The highest BCUT2D eigenvalue weighted by Crippen LogP contribution is 2.57. The predicted octanol–water partition coefficient (Wildman–Crippen LogP) is 18.3. The molecule has 13 aromatic rings. The van der Waals surface area contributed by atoms with E-state index in [0.29, 0.717) is 0 Å². The van der Waals surface area contributed by atoms with E-state index in [-0.39, 0.29) is 0 Å². The standard InChI is InChI=1S/C69H46N2/c1-5-22-51(23-6-1)69(52-24-7-2-8-25-52)64-35-18-17-32-59(64)60-43-41-56(46-65(60)69)70(53-26-9-3-10-27-53)55-39-36-47(37-40-55)48-20-19-21-49(44-48)50-38-42-63-66(45-50)71(54-28-11-4-12-29-54)68-62-34-16-14-31-58(62)57-30-13-15-33-61(57)67(63)68/h1-46H. The Balaban J connectivity index is 0.881. The second-order valence-corrected chi connectivity index (χ2v) is 18.8. The van der Waals surface area contributed by atoms with Gasteiger partial charge >= 0.3 is 0 Å². The van der Waals surface area contributed by atoms with Gasteiger partial charge in [0.1, 0.15) is 0 Å². The zero-order valence-corrected chi connectivity index (χ0v) is 39.0. The number of benzene rings is 12. The maximum atomic E-state index is 2.48. The van der Waals surface area contributed by atoms with Crippen LogP contribution in [0.1, 0.15) is 22.3 Å². The molecular weight excluding hydrogens is 857 g/mol. The third-order valence-corrected chi connectivity index (χ3v) is 15.0. The first-order valence-corrected chi connectivity index (χ1v) is 24.6. The minimum Gasteiger partial charge on any atom is -0.310 e. The van der Waals surface area contributed by atoms with Gasteiger partial charge in [-0.3, -0.25) is 0 Å².